The highest BCUT2D eigenvalue weighted by molar-refractivity contribution is 9.10. The second kappa shape index (κ2) is 5.62. The van der Waals surface area contributed by atoms with E-state index >= 15 is 0 Å². The Morgan fingerprint density at radius 2 is 1.14 bits per heavy atom. The maximum Gasteiger partial charge on any atom is 0.0493 e. The third-order valence-corrected chi connectivity index (χ3v) is 4.74. The van der Waals surface area contributed by atoms with Gasteiger partial charge in [0.2, 0.25) is 0 Å². The predicted molar refractivity (Wildman–Crippen MR) is 96.2 cm³/mol. The zero-order chi connectivity index (χ0) is 14.9. The number of rotatable bonds is 1. The monoisotopic (exact) mass is 349 g/mol. The number of benzene rings is 3. The number of para-hydroxylation sites is 2. The molecule has 0 bridgehead atoms. The van der Waals surface area contributed by atoms with Crippen LogP contribution in [0.15, 0.2) is 77.3 Å². The summed E-state index contributed by atoms with van der Waals surface area (Å²) in [7, 11) is 0. The second-order valence-electron chi connectivity index (χ2n) is 5.57. The van der Waals surface area contributed by atoms with Crippen LogP contribution in [0.1, 0.15) is 11.1 Å². The van der Waals surface area contributed by atoms with Gasteiger partial charge in [0.15, 0.2) is 0 Å². The van der Waals surface area contributed by atoms with E-state index in [0.29, 0.717) is 0 Å². The van der Waals surface area contributed by atoms with Gasteiger partial charge < -0.3 is 4.90 Å². The van der Waals surface area contributed by atoms with Crippen LogP contribution < -0.4 is 4.90 Å². The topological polar surface area (TPSA) is 3.24 Å². The molecule has 0 spiro atoms. The highest BCUT2D eigenvalue weighted by atomic mass is 79.9. The summed E-state index contributed by atoms with van der Waals surface area (Å²) >= 11 is 3.53. The van der Waals surface area contributed by atoms with E-state index < -0.39 is 0 Å². The van der Waals surface area contributed by atoms with Crippen molar-refractivity contribution in [3.05, 3.63) is 88.4 Å². The van der Waals surface area contributed by atoms with E-state index in [1.54, 1.807) is 0 Å². The van der Waals surface area contributed by atoms with Crippen molar-refractivity contribution in [3.63, 3.8) is 0 Å². The summed E-state index contributed by atoms with van der Waals surface area (Å²) in [5.74, 6) is 0. The lowest BCUT2D eigenvalue weighted by atomic mass is 10.0. The molecule has 0 atom stereocenters. The number of fused-ring (bicyclic) bond motifs is 2. The molecule has 0 aliphatic carbocycles. The summed E-state index contributed by atoms with van der Waals surface area (Å²) in [4.78, 5) is 2.38. The van der Waals surface area contributed by atoms with E-state index in [0.717, 1.165) is 17.3 Å². The fourth-order valence-corrected chi connectivity index (χ4v) is 3.41. The highest BCUT2D eigenvalue weighted by Crippen LogP contribution is 2.41. The molecule has 22 heavy (non-hydrogen) atoms. The summed E-state index contributed by atoms with van der Waals surface area (Å²) in [5.41, 5.74) is 6.58. The Bertz CT molecular complexity index is 760. The van der Waals surface area contributed by atoms with Crippen LogP contribution in [-0.4, -0.2) is 0 Å². The van der Waals surface area contributed by atoms with Gasteiger partial charge >= 0.3 is 0 Å². The van der Waals surface area contributed by atoms with E-state index in [-0.39, 0.29) is 0 Å². The number of nitrogens with zero attached hydrogens (tertiary/aromatic N) is 1. The van der Waals surface area contributed by atoms with Crippen molar-refractivity contribution in [2.75, 3.05) is 4.90 Å². The highest BCUT2D eigenvalue weighted by Gasteiger charge is 2.21. The minimum atomic E-state index is 1.08. The molecule has 3 aromatic rings. The first-order valence-electron chi connectivity index (χ1n) is 7.54. The number of hydrogen-bond donors (Lipinski definition) is 0. The van der Waals surface area contributed by atoms with Crippen LogP contribution in [0.5, 0.6) is 0 Å². The quantitative estimate of drug-likeness (QED) is 0.519. The molecule has 0 saturated heterocycles. The molecule has 0 radical (unpaired) electrons. The minimum Gasteiger partial charge on any atom is -0.310 e. The zero-order valence-corrected chi connectivity index (χ0v) is 13.8. The van der Waals surface area contributed by atoms with Gasteiger partial charge in [-0.05, 0) is 60.4 Å². The lowest BCUT2D eigenvalue weighted by Crippen LogP contribution is -2.11. The molecule has 0 aromatic heterocycles. The first-order valence-corrected chi connectivity index (χ1v) is 8.34. The van der Waals surface area contributed by atoms with Gasteiger partial charge in [-0.1, -0.05) is 52.3 Å². The van der Waals surface area contributed by atoms with Crippen LogP contribution in [-0.2, 0) is 12.8 Å². The first-order chi connectivity index (χ1) is 10.8. The Kier molecular flexibility index (Phi) is 3.47. The SMILES string of the molecule is Brc1ccc(N2c3ccccc3CCc3ccccc32)cc1. The Morgan fingerprint density at radius 1 is 0.636 bits per heavy atom. The molecule has 2 heteroatoms. The average Bonchev–Trinajstić information content (AvgIpc) is 2.73. The normalized spacial score (nSPS) is 13.2. The fourth-order valence-electron chi connectivity index (χ4n) is 3.15. The van der Waals surface area contributed by atoms with Gasteiger partial charge in [-0.2, -0.15) is 0 Å². The van der Waals surface area contributed by atoms with Crippen molar-refractivity contribution in [2.24, 2.45) is 0 Å². The molecule has 0 saturated carbocycles. The lowest BCUT2D eigenvalue weighted by molar-refractivity contribution is 0.977. The van der Waals surface area contributed by atoms with E-state index in [2.05, 4.69) is 93.6 Å². The first kappa shape index (κ1) is 13.6. The third kappa shape index (κ3) is 2.34. The molecule has 108 valence electrons. The molecule has 0 amide bonds. The van der Waals surface area contributed by atoms with Gasteiger partial charge in [-0.25, -0.2) is 0 Å². The Morgan fingerprint density at radius 3 is 1.68 bits per heavy atom. The van der Waals surface area contributed by atoms with Crippen LogP contribution in [0.25, 0.3) is 0 Å². The summed E-state index contributed by atoms with van der Waals surface area (Å²) in [6.45, 7) is 0. The average molecular weight is 350 g/mol. The van der Waals surface area contributed by atoms with Crippen molar-refractivity contribution in [1.82, 2.24) is 0 Å². The summed E-state index contributed by atoms with van der Waals surface area (Å²) in [6.07, 6.45) is 2.17. The molecule has 1 heterocycles. The Hall–Kier alpha value is -2.06. The van der Waals surface area contributed by atoms with E-state index in [1.165, 1.54) is 28.2 Å². The fraction of sp³-hybridized carbons (Fsp3) is 0.100. The number of anilines is 3. The molecule has 1 aliphatic heterocycles. The van der Waals surface area contributed by atoms with Crippen LogP contribution in [0.3, 0.4) is 0 Å². The number of aryl methyl sites for hydroxylation is 2. The van der Waals surface area contributed by atoms with E-state index in [1.807, 2.05) is 0 Å². The molecule has 1 nitrogen and oxygen atoms in total. The molecule has 4 rings (SSSR count). The Labute approximate surface area is 139 Å². The Balaban J connectivity index is 1.96. The van der Waals surface area contributed by atoms with Gasteiger partial charge in [0.1, 0.15) is 0 Å². The van der Waals surface area contributed by atoms with Gasteiger partial charge in [-0.15, -0.1) is 0 Å². The smallest absolute Gasteiger partial charge is 0.0493 e. The molecule has 0 unspecified atom stereocenters. The van der Waals surface area contributed by atoms with Crippen LogP contribution >= 0.6 is 15.9 Å². The summed E-state index contributed by atoms with van der Waals surface area (Å²) in [5, 5.41) is 0. The van der Waals surface area contributed by atoms with Gasteiger partial charge in [0.25, 0.3) is 0 Å². The molecule has 0 N–H and O–H groups in total. The standard InChI is InChI=1S/C20H16BrN/c21-17-11-13-18(14-12-17)22-19-7-3-1-5-15(19)9-10-16-6-2-4-8-20(16)22/h1-8,11-14H,9-10H2. The van der Waals surface area contributed by atoms with Crippen LogP contribution in [0, 0.1) is 0 Å². The lowest BCUT2D eigenvalue weighted by Gasteiger charge is -2.27. The third-order valence-electron chi connectivity index (χ3n) is 4.21. The van der Waals surface area contributed by atoms with E-state index in [9.17, 15) is 0 Å². The van der Waals surface area contributed by atoms with Gasteiger partial charge in [0, 0.05) is 21.5 Å². The predicted octanol–water partition coefficient (Wildman–Crippen LogP) is 6.02. The maximum absolute atomic E-state index is 3.53. The van der Waals surface area contributed by atoms with Crippen LogP contribution in [0.2, 0.25) is 0 Å². The molecule has 3 aromatic carbocycles. The van der Waals surface area contributed by atoms with Crippen molar-refractivity contribution >= 4 is 33.0 Å². The number of hydrogen-bond acceptors (Lipinski definition) is 1. The maximum atomic E-state index is 3.53. The van der Waals surface area contributed by atoms with E-state index in [4.69, 9.17) is 0 Å². The van der Waals surface area contributed by atoms with Crippen molar-refractivity contribution in [2.45, 2.75) is 12.8 Å². The molecular formula is C20H16BrN. The van der Waals surface area contributed by atoms with Crippen molar-refractivity contribution < 1.29 is 0 Å². The molecule has 0 fully saturated rings. The summed E-state index contributed by atoms with van der Waals surface area (Å²) in [6, 6.07) is 26.0. The molecular weight excluding hydrogens is 334 g/mol. The second-order valence-corrected chi connectivity index (χ2v) is 6.48. The van der Waals surface area contributed by atoms with Gasteiger partial charge in [0.05, 0.1) is 0 Å². The van der Waals surface area contributed by atoms with Crippen molar-refractivity contribution in [1.29, 1.82) is 0 Å². The van der Waals surface area contributed by atoms with Crippen LogP contribution in [0.4, 0.5) is 17.1 Å². The van der Waals surface area contributed by atoms with Gasteiger partial charge in [-0.3, -0.25) is 0 Å². The number of halogens is 1. The molecule has 1 aliphatic rings. The van der Waals surface area contributed by atoms with Crippen molar-refractivity contribution in [3.8, 4) is 0 Å². The largest absolute Gasteiger partial charge is 0.310 e. The minimum absolute atomic E-state index is 1.08. The summed E-state index contributed by atoms with van der Waals surface area (Å²) < 4.78 is 1.10. The zero-order valence-electron chi connectivity index (χ0n) is 12.2.